The van der Waals surface area contributed by atoms with Gasteiger partial charge in [0.05, 0.1) is 0 Å². The standard InChI is InChI=1S/C16H22N2O/c19-16(18-10-12-3-1-2-4-12)14-6-5-13-7-8-17-11-15(13)9-14/h5-6,9,12,17H,1-4,7-8,10-11H2,(H,18,19). The van der Waals surface area contributed by atoms with E-state index in [0.717, 1.165) is 31.6 Å². The van der Waals surface area contributed by atoms with Crippen molar-refractivity contribution in [2.24, 2.45) is 5.92 Å². The van der Waals surface area contributed by atoms with Crippen LogP contribution in [0.5, 0.6) is 0 Å². The smallest absolute Gasteiger partial charge is 0.251 e. The zero-order valence-corrected chi connectivity index (χ0v) is 11.4. The van der Waals surface area contributed by atoms with Gasteiger partial charge in [-0.05, 0) is 55.0 Å². The van der Waals surface area contributed by atoms with Crippen LogP contribution < -0.4 is 10.6 Å². The Balaban J connectivity index is 1.62. The van der Waals surface area contributed by atoms with Crippen molar-refractivity contribution in [3.05, 3.63) is 34.9 Å². The van der Waals surface area contributed by atoms with Crippen LogP contribution in [-0.2, 0) is 13.0 Å². The minimum absolute atomic E-state index is 0.0836. The van der Waals surface area contributed by atoms with Gasteiger partial charge in [-0.15, -0.1) is 0 Å². The summed E-state index contributed by atoms with van der Waals surface area (Å²) >= 11 is 0. The molecule has 2 aliphatic rings. The fraction of sp³-hybridized carbons (Fsp3) is 0.562. The third kappa shape index (κ3) is 2.98. The monoisotopic (exact) mass is 258 g/mol. The molecule has 1 aliphatic carbocycles. The van der Waals surface area contributed by atoms with Crippen LogP contribution in [0.1, 0.15) is 47.2 Å². The van der Waals surface area contributed by atoms with Crippen molar-refractivity contribution >= 4 is 5.91 Å². The van der Waals surface area contributed by atoms with Crippen LogP contribution in [0.3, 0.4) is 0 Å². The van der Waals surface area contributed by atoms with E-state index in [9.17, 15) is 4.79 Å². The zero-order chi connectivity index (χ0) is 13.1. The Labute approximate surface area is 114 Å². The number of hydrogen-bond acceptors (Lipinski definition) is 2. The minimum atomic E-state index is 0.0836. The molecule has 1 amide bonds. The van der Waals surface area contributed by atoms with Gasteiger partial charge in [0, 0.05) is 18.7 Å². The highest BCUT2D eigenvalue weighted by molar-refractivity contribution is 5.94. The Kier molecular flexibility index (Phi) is 3.83. The third-order valence-electron chi connectivity index (χ3n) is 4.38. The van der Waals surface area contributed by atoms with Gasteiger partial charge in [-0.1, -0.05) is 18.9 Å². The average molecular weight is 258 g/mol. The largest absolute Gasteiger partial charge is 0.352 e. The fourth-order valence-electron chi connectivity index (χ4n) is 3.18. The third-order valence-corrected chi connectivity index (χ3v) is 4.38. The van der Waals surface area contributed by atoms with Gasteiger partial charge in [0.25, 0.3) is 5.91 Å². The van der Waals surface area contributed by atoms with Crippen LogP contribution in [0, 0.1) is 5.92 Å². The quantitative estimate of drug-likeness (QED) is 0.873. The van der Waals surface area contributed by atoms with Crippen LogP contribution >= 0.6 is 0 Å². The highest BCUT2D eigenvalue weighted by Crippen LogP contribution is 2.24. The number of carbonyl (C=O) groups excluding carboxylic acids is 1. The van der Waals surface area contributed by atoms with E-state index in [0.29, 0.717) is 5.92 Å². The van der Waals surface area contributed by atoms with Crippen molar-refractivity contribution < 1.29 is 4.79 Å². The van der Waals surface area contributed by atoms with Gasteiger partial charge in [-0.2, -0.15) is 0 Å². The topological polar surface area (TPSA) is 41.1 Å². The molecule has 102 valence electrons. The predicted octanol–water partition coefficient (Wildman–Crippen LogP) is 2.25. The summed E-state index contributed by atoms with van der Waals surface area (Å²) in [6.45, 7) is 2.77. The highest BCUT2D eigenvalue weighted by Gasteiger charge is 2.17. The molecule has 0 bridgehead atoms. The summed E-state index contributed by atoms with van der Waals surface area (Å²) in [7, 11) is 0. The molecular weight excluding hydrogens is 236 g/mol. The van der Waals surface area contributed by atoms with Gasteiger partial charge in [0.1, 0.15) is 0 Å². The maximum absolute atomic E-state index is 12.2. The van der Waals surface area contributed by atoms with E-state index in [1.165, 1.54) is 36.8 Å². The first-order valence-electron chi connectivity index (χ1n) is 7.43. The van der Waals surface area contributed by atoms with Crippen LogP contribution in [0.15, 0.2) is 18.2 Å². The molecule has 0 saturated heterocycles. The van der Waals surface area contributed by atoms with Crippen molar-refractivity contribution in [3.63, 3.8) is 0 Å². The molecule has 3 nitrogen and oxygen atoms in total. The number of hydrogen-bond donors (Lipinski definition) is 2. The maximum atomic E-state index is 12.2. The number of benzene rings is 1. The summed E-state index contributed by atoms with van der Waals surface area (Å²) in [5, 5.41) is 6.44. The lowest BCUT2D eigenvalue weighted by Crippen LogP contribution is -2.29. The summed E-state index contributed by atoms with van der Waals surface area (Å²) in [5.41, 5.74) is 3.46. The summed E-state index contributed by atoms with van der Waals surface area (Å²) in [6.07, 6.45) is 6.26. The molecule has 1 heterocycles. The second kappa shape index (κ2) is 5.74. The van der Waals surface area contributed by atoms with Crippen LogP contribution in [-0.4, -0.2) is 19.0 Å². The Bertz CT molecular complexity index is 464. The molecule has 1 aliphatic heterocycles. The molecule has 3 rings (SSSR count). The van der Waals surface area contributed by atoms with Crippen molar-refractivity contribution in [2.75, 3.05) is 13.1 Å². The molecule has 19 heavy (non-hydrogen) atoms. The first-order chi connectivity index (χ1) is 9.33. The van der Waals surface area contributed by atoms with E-state index in [2.05, 4.69) is 16.7 Å². The summed E-state index contributed by atoms with van der Waals surface area (Å²) in [6, 6.07) is 6.13. The number of carbonyl (C=O) groups is 1. The SMILES string of the molecule is O=C(NCC1CCCC1)c1ccc2c(c1)CNCC2. The highest BCUT2D eigenvalue weighted by atomic mass is 16.1. The second-order valence-electron chi connectivity index (χ2n) is 5.77. The lowest BCUT2D eigenvalue weighted by atomic mass is 9.98. The van der Waals surface area contributed by atoms with Gasteiger partial charge in [0.2, 0.25) is 0 Å². The normalized spacial score (nSPS) is 19.2. The number of rotatable bonds is 3. The molecule has 1 fully saturated rings. The van der Waals surface area contributed by atoms with E-state index in [-0.39, 0.29) is 5.91 Å². The zero-order valence-electron chi connectivity index (χ0n) is 11.4. The molecule has 0 aromatic heterocycles. The number of amides is 1. The van der Waals surface area contributed by atoms with Gasteiger partial charge >= 0.3 is 0 Å². The van der Waals surface area contributed by atoms with Gasteiger partial charge in [-0.25, -0.2) is 0 Å². The van der Waals surface area contributed by atoms with Crippen LogP contribution in [0.4, 0.5) is 0 Å². The molecule has 1 aromatic carbocycles. The lowest BCUT2D eigenvalue weighted by Gasteiger charge is -2.18. The second-order valence-corrected chi connectivity index (χ2v) is 5.77. The van der Waals surface area contributed by atoms with Crippen molar-refractivity contribution in [1.82, 2.24) is 10.6 Å². The van der Waals surface area contributed by atoms with E-state index in [1.807, 2.05) is 12.1 Å². The maximum Gasteiger partial charge on any atom is 0.251 e. The lowest BCUT2D eigenvalue weighted by molar-refractivity contribution is 0.0947. The Morgan fingerprint density at radius 3 is 2.95 bits per heavy atom. The number of fused-ring (bicyclic) bond motifs is 1. The number of nitrogens with one attached hydrogen (secondary N) is 2. The van der Waals surface area contributed by atoms with Crippen molar-refractivity contribution in [3.8, 4) is 0 Å². The Morgan fingerprint density at radius 1 is 1.26 bits per heavy atom. The van der Waals surface area contributed by atoms with Gasteiger partial charge in [0.15, 0.2) is 0 Å². The Hall–Kier alpha value is -1.35. The molecule has 1 saturated carbocycles. The van der Waals surface area contributed by atoms with Gasteiger partial charge < -0.3 is 10.6 Å². The van der Waals surface area contributed by atoms with E-state index >= 15 is 0 Å². The molecule has 2 N–H and O–H groups in total. The average Bonchev–Trinajstić information content (AvgIpc) is 2.97. The minimum Gasteiger partial charge on any atom is -0.352 e. The molecule has 3 heteroatoms. The first kappa shape index (κ1) is 12.7. The van der Waals surface area contributed by atoms with Crippen LogP contribution in [0.2, 0.25) is 0 Å². The van der Waals surface area contributed by atoms with E-state index < -0.39 is 0 Å². The van der Waals surface area contributed by atoms with Gasteiger partial charge in [-0.3, -0.25) is 4.79 Å². The summed E-state index contributed by atoms with van der Waals surface area (Å²) in [4.78, 5) is 12.2. The molecule has 0 spiro atoms. The fourth-order valence-corrected chi connectivity index (χ4v) is 3.18. The first-order valence-corrected chi connectivity index (χ1v) is 7.43. The summed E-state index contributed by atoms with van der Waals surface area (Å²) in [5.74, 6) is 0.781. The van der Waals surface area contributed by atoms with Crippen molar-refractivity contribution in [1.29, 1.82) is 0 Å². The Morgan fingerprint density at radius 2 is 2.11 bits per heavy atom. The van der Waals surface area contributed by atoms with Crippen molar-refractivity contribution in [2.45, 2.75) is 38.6 Å². The molecule has 1 aromatic rings. The molecule has 0 radical (unpaired) electrons. The van der Waals surface area contributed by atoms with E-state index in [1.54, 1.807) is 0 Å². The molecule has 0 unspecified atom stereocenters. The summed E-state index contributed by atoms with van der Waals surface area (Å²) < 4.78 is 0. The van der Waals surface area contributed by atoms with E-state index in [4.69, 9.17) is 0 Å². The predicted molar refractivity (Wildman–Crippen MR) is 76.1 cm³/mol. The molecular formula is C16H22N2O. The molecule has 0 atom stereocenters. The van der Waals surface area contributed by atoms with Crippen LogP contribution in [0.25, 0.3) is 0 Å².